The lowest BCUT2D eigenvalue weighted by Gasteiger charge is -2.32. The van der Waals surface area contributed by atoms with Crippen LogP contribution in [0.4, 0.5) is 0 Å². The molecule has 2 aliphatic heterocycles. The molecular formula is C22H26N2O10. The second-order valence-corrected chi connectivity index (χ2v) is 8.74. The summed E-state index contributed by atoms with van der Waals surface area (Å²) in [5.41, 5.74) is -0.996. The lowest BCUT2D eigenvalue weighted by Crippen LogP contribution is -2.57. The monoisotopic (exact) mass is 478 g/mol. The Morgan fingerprint density at radius 1 is 1.12 bits per heavy atom. The fourth-order valence-electron chi connectivity index (χ4n) is 3.17. The van der Waals surface area contributed by atoms with E-state index in [1.54, 1.807) is 20.8 Å². The Labute approximate surface area is 194 Å². The largest absolute Gasteiger partial charge is 0.457 e. The molecule has 2 aliphatic rings. The van der Waals surface area contributed by atoms with E-state index in [-0.39, 0.29) is 19.4 Å². The molecule has 12 nitrogen and oxygen atoms in total. The number of hydrogen-bond donors (Lipinski definition) is 1. The minimum atomic E-state index is -2.13. The molecule has 2 saturated heterocycles. The summed E-state index contributed by atoms with van der Waals surface area (Å²) in [6.07, 6.45) is -0.342. The van der Waals surface area contributed by atoms with Gasteiger partial charge in [-0.3, -0.25) is 24.0 Å². The number of hydrogen-bond acceptors (Lipinski definition) is 10. The van der Waals surface area contributed by atoms with Crippen LogP contribution in [0.15, 0.2) is 28.7 Å². The number of fused-ring (bicyclic) bond motifs is 2. The topological polar surface area (TPSA) is 151 Å². The van der Waals surface area contributed by atoms with Crippen LogP contribution in [0.1, 0.15) is 40.5 Å². The zero-order valence-electron chi connectivity index (χ0n) is 19.2. The van der Waals surface area contributed by atoms with Crippen molar-refractivity contribution in [3.63, 3.8) is 0 Å². The van der Waals surface area contributed by atoms with Crippen molar-refractivity contribution in [2.24, 2.45) is 5.41 Å². The Kier molecular flexibility index (Phi) is 7.10. The summed E-state index contributed by atoms with van der Waals surface area (Å²) >= 11 is 0. The average molecular weight is 478 g/mol. The first-order valence-electron chi connectivity index (χ1n) is 10.5. The molecule has 2 bridgehead atoms. The Bertz CT molecular complexity index is 1030. The van der Waals surface area contributed by atoms with Crippen molar-refractivity contribution in [3.8, 4) is 0 Å². The lowest BCUT2D eigenvalue weighted by atomic mass is 9.98. The average Bonchev–Trinajstić information content (AvgIpc) is 3.54. The summed E-state index contributed by atoms with van der Waals surface area (Å²) in [6, 6.07) is 6.79. The van der Waals surface area contributed by atoms with Gasteiger partial charge in [0.05, 0.1) is 11.8 Å². The number of carbonyl (C=O) groups excluding carboxylic acids is 5. The van der Waals surface area contributed by atoms with Gasteiger partial charge in [-0.05, 0) is 45.0 Å². The molecule has 34 heavy (non-hydrogen) atoms. The number of esters is 3. The Morgan fingerprint density at radius 2 is 1.74 bits per heavy atom. The Balaban J connectivity index is 0.000000387. The molecular weight excluding hydrogens is 452 g/mol. The van der Waals surface area contributed by atoms with Gasteiger partial charge in [-0.2, -0.15) is 5.06 Å². The maximum Gasteiger partial charge on any atom is 0.377 e. The summed E-state index contributed by atoms with van der Waals surface area (Å²) in [7, 11) is 0. The molecule has 0 spiro atoms. The van der Waals surface area contributed by atoms with E-state index in [1.807, 2.05) is 24.3 Å². The number of hydroxylamine groups is 2. The van der Waals surface area contributed by atoms with Crippen LogP contribution in [0, 0.1) is 5.41 Å². The third-order valence-electron chi connectivity index (χ3n) is 4.90. The van der Waals surface area contributed by atoms with Crippen molar-refractivity contribution < 1.29 is 47.4 Å². The number of amides is 2. The maximum absolute atomic E-state index is 12.6. The zero-order valence-corrected chi connectivity index (χ0v) is 19.2. The SMILES string of the molecule is CC(=O)N[C@H]1CON(C2(C(=O)OCOC(=O)C(C)(C)C)CCC(=O)O2)C1=O.c1cc2ccc1o2. The van der Waals surface area contributed by atoms with Crippen molar-refractivity contribution in [3.05, 3.63) is 24.3 Å². The van der Waals surface area contributed by atoms with Gasteiger partial charge in [0.25, 0.3) is 5.91 Å². The number of nitrogens with zero attached hydrogens (tertiary/aromatic N) is 1. The van der Waals surface area contributed by atoms with Gasteiger partial charge in [-0.15, -0.1) is 0 Å². The third kappa shape index (κ3) is 5.45. The molecule has 4 rings (SSSR count). The number of nitrogens with one attached hydrogen (secondary N) is 1. The minimum absolute atomic E-state index is 0.144. The first kappa shape index (κ1) is 25.0. The van der Waals surface area contributed by atoms with E-state index < -0.39 is 53.7 Å². The van der Waals surface area contributed by atoms with Crippen molar-refractivity contribution in [2.75, 3.05) is 13.4 Å². The highest BCUT2D eigenvalue weighted by atomic mass is 16.8. The van der Waals surface area contributed by atoms with Crippen LogP contribution in [0.3, 0.4) is 0 Å². The van der Waals surface area contributed by atoms with E-state index in [1.165, 1.54) is 6.92 Å². The van der Waals surface area contributed by atoms with Crippen LogP contribution < -0.4 is 5.32 Å². The molecule has 0 saturated carbocycles. The molecule has 2 atom stereocenters. The van der Waals surface area contributed by atoms with Gasteiger partial charge in [0.15, 0.2) is 0 Å². The Morgan fingerprint density at radius 3 is 2.18 bits per heavy atom. The van der Waals surface area contributed by atoms with Gasteiger partial charge < -0.3 is 23.9 Å². The number of ether oxygens (including phenoxy) is 3. The number of rotatable bonds is 5. The molecule has 0 aromatic carbocycles. The van der Waals surface area contributed by atoms with Crippen LogP contribution in [0.2, 0.25) is 0 Å². The molecule has 4 heterocycles. The molecule has 2 aromatic heterocycles. The van der Waals surface area contributed by atoms with Crippen molar-refractivity contribution >= 4 is 40.9 Å². The van der Waals surface area contributed by atoms with Gasteiger partial charge in [-0.25, -0.2) is 4.79 Å². The Hall–Kier alpha value is -3.67. The lowest BCUT2D eigenvalue weighted by molar-refractivity contribution is -0.262. The van der Waals surface area contributed by atoms with Crippen LogP contribution in [0.25, 0.3) is 11.2 Å². The molecule has 184 valence electrons. The van der Waals surface area contributed by atoms with E-state index in [0.29, 0.717) is 5.06 Å². The predicted octanol–water partition coefficient (Wildman–Crippen LogP) is 1.26. The fourth-order valence-corrected chi connectivity index (χ4v) is 3.17. The minimum Gasteiger partial charge on any atom is -0.457 e. The van der Waals surface area contributed by atoms with Crippen molar-refractivity contribution in [2.45, 2.75) is 52.3 Å². The molecule has 12 heteroatoms. The molecule has 1 unspecified atom stereocenters. The quantitative estimate of drug-likeness (QED) is 0.491. The standard InChI is InChI=1S/C16H22N2O9.C6H4O/c1-9(19)17-10-7-26-18(12(10)21)16(6-5-11(20)27-16)14(23)25-8-24-13(22)15(2,3)4;1-2-6-4-3-5(1)7-6/h10H,5-8H2,1-4H3,(H,17,19);1-4H/t10-,16?;/m0./s1. The maximum atomic E-state index is 12.6. The first-order chi connectivity index (χ1) is 15.9. The van der Waals surface area contributed by atoms with E-state index in [4.69, 9.17) is 23.5 Å². The summed E-state index contributed by atoms with van der Waals surface area (Å²) in [5, 5.41) is 2.97. The molecule has 2 aromatic rings. The predicted molar refractivity (Wildman–Crippen MR) is 112 cm³/mol. The highest BCUT2D eigenvalue weighted by Crippen LogP contribution is 2.35. The van der Waals surface area contributed by atoms with Gasteiger partial charge in [0, 0.05) is 13.3 Å². The van der Waals surface area contributed by atoms with Crippen LogP contribution in [-0.2, 0) is 43.0 Å². The normalized spacial score (nSPS) is 22.2. The summed E-state index contributed by atoms with van der Waals surface area (Å²) < 4.78 is 19.9. The van der Waals surface area contributed by atoms with E-state index in [9.17, 15) is 24.0 Å². The second kappa shape index (κ2) is 9.67. The van der Waals surface area contributed by atoms with Crippen molar-refractivity contribution in [1.82, 2.24) is 10.4 Å². The number of carbonyl (C=O) groups is 5. The molecule has 0 radical (unpaired) electrons. The fraction of sp³-hybridized carbons (Fsp3) is 0.500. The summed E-state index contributed by atoms with van der Waals surface area (Å²) in [4.78, 5) is 64.7. The zero-order chi connectivity index (χ0) is 25.1. The van der Waals surface area contributed by atoms with Gasteiger partial charge in [0.2, 0.25) is 12.7 Å². The molecule has 1 N–H and O–H groups in total. The summed E-state index contributed by atoms with van der Waals surface area (Å²) in [6.45, 7) is 5.14. The molecule has 0 aliphatic carbocycles. The van der Waals surface area contributed by atoms with Gasteiger partial charge in [0.1, 0.15) is 23.8 Å². The van der Waals surface area contributed by atoms with Crippen LogP contribution in [0.5, 0.6) is 0 Å². The first-order valence-corrected chi connectivity index (χ1v) is 10.5. The second-order valence-electron chi connectivity index (χ2n) is 8.74. The number of cyclic esters (lactones) is 1. The van der Waals surface area contributed by atoms with E-state index in [2.05, 4.69) is 5.32 Å². The van der Waals surface area contributed by atoms with E-state index >= 15 is 0 Å². The third-order valence-corrected chi connectivity index (χ3v) is 4.90. The van der Waals surface area contributed by atoms with Crippen LogP contribution in [-0.4, -0.2) is 60.0 Å². The smallest absolute Gasteiger partial charge is 0.377 e. The van der Waals surface area contributed by atoms with Gasteiger partial charge in [-0.1, -0.05) is 0 Å². The molecule has 2 amide bonds. The van der Waals surface area contributed by atoms with E-state index in [0.717, 1.165) is 11.2 Å². The highest BCUT2D eigenvalue weighted by molar-refractivity contribution is 5.94. The highest BCUT2D eigenvalue weighted by Gasteiger charge is 2.60. The molecule has 2 fully saturated rings. The number of benzene rings is 1. The number of furan rings is 2. The van der Waals surface area contributed by atoms with Crippen molar-refractivity contribution in [1.29, 1.82) is 0 Å². The van der Waals surface area contributed by atoms with Gasteiger partial charge >= 0.3 is 23.6 Å². The summed E-state index contributed by atoms with van der Waals surface area (Å²) in [5.74, 6) is -3.67. The van der Waals surface area contributed by atoms with Crippen LogP contribution >= 0.6 is 0 Å².